The summed E-state index contributed by atoms with van der Waals surface area (Å²) in [6.07, 6.45) is 8.77. The Morgan fingerprint density at radius 1 is 1.04 bits per heavy atom. The van der Waals surface area contributed by atoms with E-state index in [0.717, 1.165) is 25.6 Å². The molecule has 0 aromatic carbocycles. The zero-order valence-corrected chi connectivity index (χ0v) is 19.1. The average molecular weight is 542 g/mol. The number of piperidine rings is 1. The van der Waals surface area contributed by atoms with Gasteiger partial charge in [0.15, 0.2) is 0 Å². The first-order valence-corrected chi connectivity index (χ1v) is 13.8. The summed E-state index contributed by atoms with van der Waals surface area (Å²) >= 11 is -0.472. The average Bonchev–Trinajstić information content (AvgIpc) is 2.49. The molecule has 0 aromatic heterocycles. The van der Waals surface area contributed by atoms with Crippen molar-refractivity contribution in [2.24, 2.45) is 16.7 Å². The van der Waals surface area contributed by atoms with Crippen molar-refractivity contribution in [3.05, 3.63) is 34.6 Å². The van der Waals surface area contributed by atoms with Crippen molar-refractivity contribution in [2.45, 2.75) is 54.4 Å². The molecule has 1 fully saturated rings. The molecule has 2 heterocycles. The van der Waals surface area contributed by atoms with E-state index in [9.17, 15) is 0 Å². The number of rotatable bonds is 0. The number of allylic oxidation sites excluding steroid dienone is 2. The molecule has 0 spiro atoms. The van der Waals surface area contributed by atoms with Crippen LogP contribution in [0, 0.1) is 16.7 Å². The molecule has 5 heteroatoms. The number of hydrogen-bond donors (Lipinski definition) is 0. The van der Waals surface area contributed by atoms with E-state index in [-0.39, 0.29) is 5.41 Å². The summed E-state index contributed by atoms with van der Waals surface area (Å²) in [4.78, 5) is 0. The molecule has 0 N–H and O–H groups in total. The molecule has 138 valence electrons. The SMILES string of the molecule is CC(C)(C)C1=CC[N-]C=C1.CC(C)(C)C1CC[N-]CC1.[Cl][Pt+2][Cl]. The van der Waals surface area contributed by atoms with Gasteiger partial charge in [-0.2, -0.15) is 6.20 Å². The predicted octanol–water partition coefficient (Wildman–Crippen LogP) is 7.05. The Bertz CT molecular complexity index is 362. The molecule has 2 nitrogen and oxygen atoms in total. The summed E-state index contributed by atoms with van der Waals surface area (Å²) in [5.74, 6) is 0.907. The quantitative estimate of drug-likeness (QED) is 0.314. The normalized spacial score (nSPS) is 18.9. The van der Waals surface area contributed by atoms with E-state index in [1.54, 1.807) is 0 Å². The fourth-order valence-corrected chi connectivity index (χ4v) is 2.59. The zero-order valence-electron chi connectivity index (χ0n) is 15.3. The van der Waals surface area contributed by atoms with E-state index in [1.807, 2.05) is 6.20 Å². The minimum atomic E-state index is -0.472. The second-order valence-corrected chi connectivity index (χ2v) is 11.2. The monoisotopic (exact) mass is 541 g/mol. The number of hydrogen-bond acceptors (Lipinski definition) is 0. The molecule has 0 bridgehead atoms. The predicted molar refractivity (Wildman–Crippen MR) is 102 cm³/mol. The van der Waals surface area contributed by atoms with Gasteiger partial charge in [0.05, 0.1) is 0 Å². The third-order valence-electron chi connectivity index (χ3n) is 4.14. The van der Waals surface area contributed by atoms with E-state index in [2.05, 4.69) is 64.3 Å². The first kappa shape index (κ1) is 23.5. The maximum absolute atomic E-state index is 4.88. The van der Waals surface area contributed by atoms with Gasteiger partial charge in [-0.3, -0.25) is 0 Å². The van der Waals surface area contributed by atoms with Crippen molar-refractivity contribution >= 4 is 18.8 Å². The van der Waals surface area contributed by atoms with Crippen LogP contribution < -0.4 is 0 Å². The van der Waals surface area contributed by atoms with E-state index in [4.69, 9.17) is 18.8 Å². The van der Waals surface area contributed by atoms with Crippen LogP contribution in [-0.4, -0.2) is 19.6 Å². The summed E-state index contributed by atoms with van der Waals surface area (Å²) in [6.45, 7) is 16.7. The maximum atomic E-state index is 4.88. The Balaban J connectivity index is 0.000000360. The minimum absolute atomic E-state index is 0.284. The standard InChI is InChI=1S/C9H18N.C9H14N.2ClH.Pt/c2*1-9(2,3)8-4-6-10-7-5-8;;;/h8H,4-7H2,1-3H3;4-6H,7H2,1-3H3;2*1H;/q2*-1;;;+4/p-2. The van der Waals surface area contributed by atoms with Gasteiger partial charge in [0.2, 0.25) is 0 Å². The van der Waals surface area contributed by atoms with Gasteiger partial charge in [-0.15, -0.1) is 19.6 Å². The van der Waals surface area contributed by atoms with E-state index < -0.39 is 16.5 Å². The van der Waals surface area contributed by atoms with E-state index in [1.165, 1.54) is 18.4 Å². The van der Waals surface area contributed by atoms with Gasteiger partial charge in [-0.05, 0) is 22.3 Å². The van der Waals surface area contributed by atoms with Crippen LogP contribution in [0.25, 0.3) is 10.6 Å². The second-order valence-electron chi connectivity index (χ2n) is 7.95. The van der Waals surface area contributed by atoms with Crippen LogP contribution in [0.2, 0.25) is 0 Å². The van der Waals surface area contributed by atoms with Crippen LogP contribution >= 0.6 is 18.8 Å². The first-order chi connectivity index (χ1) is 10.6. The van der Waals surface area contributed by atoms with Crippen LogP contribution in [-0.2, 0) is 16.5 Å². The zero-order chi connectivity index (χ0) is 17.9. The fourth-order valence-electron chi connectivity index (χ4n) is 2.59. The summed E-state index contributed by atoms with van der Waals surface area (Å²) in [6, 6.07) is 0. The van der Waals surface area contributed by atoms with Crippen molar-refractivity contribution in [1.82, 2.24) is 0 Å². The van der Waals surface area contributed by atoms with E-state index >= 15 is 0 Å². The Kier molecular flexibility index (Phi) is 12.2. The fraction of sp³-hybridized carbons (Fsp3) is 0.778. The van der Waals surface area contributed by atoms with Crippen molar-refractivity contribution in [3.8, 4) is 0 Å². The van der Waals surface area contributed by atoms with Gasteiger partial charge in [0.25, 0.3) is 0 Å². The molecule has 2 aliphatic heterocycles. The first-order valence-electron chi connectivity index (χ1n) is 8.12. The summed E-state index contributed by atoms with van der Waals surface area (Å²) in [5.41, 5.74) is 2.19. The Morgan fingerprint density at radius 2 is 1.57 bits per heavy atom. The second kappa shape index (κ2) is 12.0. The van der Waals surface area contributed by atoms with Crippen molar-refractivity contribution < 1.29 is 16.5 Å². The molecular weight excluding hydrogens is 510 g/mol. The molecule has 23 heavy (non-hydrogen) atoms. The van der Waals surface area contributed by atoms with Crippen molar-refractivity contribution in [3.63, 3.8) is 0 Å². The Labute approximate surface area is 160 Å². The molecule has 0 amide bonds. The number of halogens is 2. The topological polar surface area (TPSA) is 28.2 Å². The molecular formula is C18H32Cl2N2Pt. The van der Waals surface area contributed by atoms with Gasteiger partial charge < -0.3 is 10.6 Å². The van der Waals surface area contributed by atoms with Crippen molar-refractivity contribution in [1.29, 1.82) is 0 Å². The Morgan fingerprint density at radius 3 is 1.83 bits per heavy atom. The van der Waals surface area contributed by atoms with E-state index in [0.29, 0.717) is 5.41 Å². The molecule has 0 atom stereocenters. The van der Waals surface area contributed by atoms with Crippen molar-refractivity contribution in [2.75, 3.05) is 19.6 Å². The van der Waals surface area contributed by atoms with Gasteiger partial charge in [-0.25, -0.2) is 0 Å². The van der Waals surface area contributed by atoms with Gasteiger partial charge >= 0.3 is 35.3 Å². The molecule has 0 aromatic rings. The van der Waals surface area contributed by atoms with Crippen LogP contribution in [0.15, 0.2) is 23.9 Å². The molecule has 0 saturated carbocycles. The van der Waals surface area contributed by atoms with Crippen LogP contribution in [0.3, 0.4) is 0 Å². The van der Waals surface area contributed by atoms with Crippen LogP contribution in [0.5, 0.6) is 0 Å². The van der Waals surface area contributed by atoms with Crippen LogP contribution in [0.4, 0.5) is 0 Å². The summed E-state index contributed by atoms with van der Waals surface area (Å²) in [5, 5.41) is 8.42. The molecule has 0 aliphatic carbocycles. The van der Waals surface area contributed by atoms with Gasteiger partial charge in [-0.1, -0.05) is 66.5 Å². The van der Waals surface area contributed by atoms with Gasteiger partial charge in [0, 0.05) is 0 Å². The summed E-state index contributed by atoms with van der Waals surface area (Å²) in [7, 11) is 9.75. The molecule has 0 radical (unpaired) electrons. The third kappa shape index (κ3) is 11.6. The molecule has 2 rings (SSSR count). The van der Waals surface area contributed by atoms with Crippen LogP contribution in [0.1, 0.15) is 54.4 Å². The molecule has 2 aliphatic rings. The number of nitrogens with zero attached hydrogens (tertiary/aromatic N) is 2. The molecule has 0 unspecified atom stereocenters. The third-order valence-corrected chi connectivity index (χ3v) is 4.14. The van der Waals surface area contributed by atoms with Gasteiger partial charge in [0.1, 0.15) is 0 Å². The Hall–Kier alpha value is 0.508. The summed E-state index contributed by atoms with van der Waals surface area (Å²) < 4.78 is 0. The molecule has 1 saturated heterocycles.